The normalized spacial score (nSPS) is 16.4. The number of carbonyl (C=O) groups is 1. The standard InChI is InChI=1S/C15H24N4O3S/c1-2-17-7-9-18(10-8-17)6-4-3-5-16-15(20)13-11-14(19(21)22)23-12-13/h11-12H,2-10H2,1H3,(H,16,20). The first-order valence-corrected chi connectivity index (χ1v) is 8.94. The lowest BCUT2D eigenvalue weighted by atomic mass is 10.2. The van der Waals surface area contributed by atoms with Crippen LogP contribution < -0.4 is 5.32 Å². The molecule has 0 saturated carbocycles. The van der Waals surface area contributed by atoms with Gasteiger partial charge < -0.3 is 15.1 Å². The first kappa shape index (κ1) is 17.8. The lowest BCUT2D eigenvalue weighted by Crippen LogP contribution is -2.46. The summed E-state index contributed by atoms with van der Waals surface area (Å²) >= 11 is 0.980. The van der Waals surface area contributed by atoms with Gasteiger partial charge in [-0.15, -0.1) is 0 Å². The zero-order valence-corrected chi connectivity index (χ0v) is 14.3. The van der Waals surface area contributed by atoms with Crippen molar-refractivity contribution in [3.63, 3.8) is 0 Å². The molecule has 0 atom stereocenters. The second-order valence-electron chi connectivity index (χ2n) is 5.67. The minimum atomic E-state index is -0.472. The van der Waals surface area contributed by atoms with Gasteiger partial charge in [-0.1, -0.05) is 18.3 Å². The molecule has 0 spiro atoms. The first-order valence-electron chi connectivity index (χ1n) is 8.06. The van der Waals surface area contributed by atoms with Gasteiger partial charge in [0.2, 0.25) is 0 Å². The molecule has 128 valence electrons. The molecule has 7 nitrogen and oxygen atoms in total. The maximum absolute atomic E-state index is 11.9. The van der Waals surface area contributed by atoms with Crippen LogP contribution in [0.3, 0.4) is 0 Å². The zero-order valence-electron chi connectivity index (χ0n) is 13.5. The number of hydrogen-bond acceptors (Lipinski definition) is 6. The molecular formula is C15H24N4O3S. The van der Waals surface area contributed by atoms with Crippen LogP contribution in [-0.4, -0.2) is 66.4 Å². The number of hydrogen-bond donors (Lipinski definition) is 1. The Morgan fingerprint density at radius 1 is 1.30 bits per heavy atom. The third-order valence-electron chi connectivity index (χ3n) is 4.13. The maximum atomic E-state index is 11.9. The van der Waals surface area contributed by atoms with Crippen LogP contribution in [0.4, 0.5) is 5.00 Å². The predicted molar refractivity (Wildman–Crippen MR) is 91.1 cm³/mol. The van der Waals surface area contributed by atoms with E-state index in [1.165, 1.54) is 11.4 Å². The summed E-state index contributed by atoms with van der Waals surface area (Å²) in [6.45, 7) is 9.53. The van der Waals surface area contributed by atoms with Gasteiger partial charge in [0.25, 0.3) is 5.91 Å². The lowest BCUT2D eigenvalue weighted by Gasteiger charge is -2.33. The van der Waals surface area contributed by atoms with Gasteiger partial charge in [0.15, 0.2) is 0 Å². The fourth-order valence-electron chi connectivity index (χ4n) is 2.63. The molecule has 1 aliphatic heterocycles. The second-order valence-corrected chi connectivity index (χ2v) is 6.56. The number of likely N-dealkylation sites (N-methyl/N-ethyl adjacent to an activating group) is 1. The van der Waals surface area contributed by atoms with E-state index in [1.54, 1.807) is 0 Å². The van der Waals surface area contributed by atoms with Crippen LogP contribution in [0.25, 0.3) is 0 Å². The Labute approximate surface area is 140 Å². The summed E-state index contributed by atoms with van der Waals surface area (Å²) in [7, 11) is 0. The molecule has 0 aromatic carbocycles. The summed E-state index contributed by atoms with van der Waals surface area (Å²) in [5.41, 5.74) is 0.373. The molecule has 1 aromatic heterocycles. The SMILES string of the molecule is CCN1CCN(CCCCNC(=O)c2csc([N+](=O)[O-])c2)CC1. The van der Waals surface area contributed by atoms with Crippen molar-refractivity contribution in [2.75, 3.05) is 45.8 Å². The number of nitro groups is 1. The quantitative estimate of drug-likeness (QED) is 0.443. The van der Waals surface area contributed by atoms with E-state index in [0.717, 1.165) is 63.4 Å². The van der Waals surface area contributed by atoms with Crippen molar-refractivity contribution in [1.82, 2.24) is 15.1 Å². The highest BCUT2D eigenvalue weighted by Crippen LogP contribution is 2.22. The van der Waals surface area contributed by atoms with Crippen molar-refractivity contribution < 1.29 is 9.72 Å². The van der Waals surface area contributed by atoms with Crippen molar-refractivity contribution >= 4 is 22.2 Å². The monoisotopic (exact) mass is 340 g/mol. The molecule has 0 bridgehead atoms. The van der Waals surface area contributed by atoms with Crippen LogP contribution in [-0.2, 0) is 0 Å². The highest BCUT2D eigenvalue weighted by Gasteiger charge is 2.16. The van der Waals surface area contributed by atoms with E-state index in [2.05, 4.69) is 22.0 Å². The zero-order chi connectivity index (χ0) is 16.7. The molecule has 1 N–H and O–H groups in total. The summed E-state index contributed by atoms with van der Waals surface area (Å²) in [6.07, 6.45) is 1.97. The average Bonchev–Trinajstić information content (AvgIpc) is 3.05. The van der Waals surface area contributed by atoms with E-state index in [9.17, 15) is 14.9 Å². The van der Waals surface area contributed by atoms with Crippen molar-refractivity contribution in [3.8, 4) is 0 Å². The van der Waals surface area contributed by atoms with Crippen LogP contribution in [0.5, 0.6) is 0 Å². The Morgan fingerprint density at radius 2 is 2.00 bits per heavy atom. The topological polar surface area (TPSA) is 78.7 Å². The highest BCUT2D eigenvalue weighted by molar-refractivity contribution is 7.13. The molecule has 8 heteroatoms. The summed E-state index contributed by atoms with van der Waals surface area (Å²) in [5.74, 6) is -0.231. The molecule has 1 aromatic rings. The van der Waals surface area contributed by atoms with E-state index in [-0.39, 0.29) is 10.9 Å². The van der Waals surface area contributed by atoms with E-state index in [4.69, 9.17) is 0 Å². The Balaban J connectivity index is 1.58. The molecule has 2 rings (SSSR count). The number of piperazine rings is 1. The van der Waals surface area contributed by atoms with Gasteiger partial charge >= 0.3 is 5.00 Å². The molecule has 2 heterocycles. The van der Waals surface area contributed by atoms with Gasteiger partial charge in [-0.05, 0) is 25.9 Å². The van der Waals surface area contributed by atoms with Crippen LogP contribution in [0.1, 0.15) is 30.1 Å². The van der Waals surface area contributed by atoms with E-state index < -0.39 is 4.92 Å². The van der Waals surface area contributed by atoms with Gasteiger partial charge in [-0.2, -0.15) is 0 Å². The van der Waals surface area contributed by atoms with Crippen molar-refractivity contribution in [2.45, 2.75) is 19.8 Å². The number of nitrogens with zero attached hydrogens (tertiary/aromatic N) is 3. The Morgan fingerprint density at radius 3 is 2.61 bits per heavy atom. The molecule has 23 heavy (non-hydrogen) atoms. The Kier molecular flexibility index (Phi) is 6.94. The fourth-order valence-corrected chi connectivity index (χ4v) is 3.34. The van der Waals surface area contributed by atoms with E-state index in [0.29, 0.717) is 12.1 Å². The first-order chi connectivity index (χ1) is 11.1. The van der Waals surface area contributed by atoms with Gasteiger partial charge in [-0.3, -0.25) is 14.9 Å². The summed E-state index contributed by atoms with van der Waals surface area (Å²) in [6, 6.07) is 1.33. The number of carbonyl (C=O) groups excluding carboxylic acids is 1. The summed E-state index contributed by atoms with van der Waals surface area (Å²) in [5, 5.41) is 15.0. The molecule has 1 fully saturated rings. The van der Waals surface area contributed by atoms with E-state index >= 15 is 0 Å². The third kappa shape index (κ3) is 5.56. The molecule has 0 radical (unpaired) electrons. The summed E-state index contributed by atoms with van der Waals surface area (Å²) in [4.78, 5) is 26.9. The Hall–Kier alpha value is -1.51. The maximum Gasteiger partial charge on any atom is 0.324 e. The number of thiophene rings is 1. The van der Waals surface area contributed by atoms with Crippen molar-refractivity contribution in [1.29, 1.82) is 0 Å². The largest absolute Gasteiger partial charge is 0.352 e. The summed E-state index contributed by atoms with van der Waals surface area (Å²) < 4.78 is 0. The van der Waals surface area contributed by atoms with Gasteiger partial charge in [-0.25, -0.2) is 0 Å². The fraction of sp³-hybridized carbons (Fsp3) is 0.667. The minimum Gasteiger partial charge on any atom is -0.352 e. The number of nitrogens with one attached hydrogen (secondary N) is 1. The van der Waals surface area contributed by atoms with Crippen LogP contribution >= 0.6 is 11.3 Å². The van der Waals surface area contributed by atoms with Crippen LogP contribution in [0.2, 0.25) is 0 Å². The molecule has 1 amide bonds. The molecule has 0 unspecified atom stereocenters. The molecule has 1 saturated heterocycles. The van der Waals surface area contributed by atoms with Crippen molar-refractivity contribution in [3.05, 3.63) is 27.1 Å². The molecule has 1 aliphatic rings. The average molecular weight is 340 g/mol. The van der Waals surface area contributed by atoms with Gasteiger partial charge in [0.1, 0.15) is 0 Å². The van der Waals surface area contributed by atoms with Crippen molar-refractivity contribution in [2.24, 2.45) is 0 Å². The smallest absolute Gasteiger partial charge is 0.324 e. The number of rotatable bonds is 8. The van der Waals surface area contributed by atoms with E-state index in [1.807, 2.05) is 0 Å². The number of amides is 1. The third-order valence-corrected chi connectivity index (χ3v) is 5.01. The minimum absolute atomic E-state index is 0.00127. The van der Waals surface area contributed by atoms with Gasteiger partial charge in [0, 0.05) is 44.2 Å². The van der Waals surface area contributed by atoms with Gasteiger partial charge in [0.05, 0.1) is 10.5 Å². The highest BCUT2D eigenvalue weighted by atomic mass is 32.1. The second kappa shape index (κ2) is 8.95. The molecule has 0 aliphatic carbocycles. The number of unbranched alkanes of at least 4 members (excludes halogenated alkanes) is 1. The van der Waals surface area contributed by atoms with Crippen LogP contribution in [0.15, 0.2) is 11.4 Å². The molecular weight excluding hydrogens is 316 g/mol. The lowest BCUT2D eigenvalue weighted by molar-refractivity contribution is -0.380. The van der Waals surface area contributed by atoms with Crippen LogP contribution in [0, 0.1) is 10.1 Å². The predicted octanol–water partition coefficient (Wildman–Crippen LogP) is 1.80. The Bertz CT molecular complexity index is 527.